The molecule has 0 fully saturated rings. The van der Waals surface area contributed by atoms with Crippen molar-refractivity contribution in [3.05, 3.63) is 59.1 Å². The van der Waals surface area contributed by atoms with E-state index < -0.39 is 0 Å². The number of nitrogen functional groups attached to an aromatic ring is 1. The maximum absolute atomic E-state index is 12.2. The Labute approximate surface area is 117 Å². The molecule has 2 rings (SSSR count). The second-order valence-electron chi connectivity index (χ2n) is 4.32. The number of hydrogen-bond acceptors (Lipinski definition) is 2. The minimum atomic E-state index is -0.0276. The molecule has 0 radical (unpaired) electrons. The monoisotopic (exact) mass is 274 g/mol. The molecule has 0 spiro atoms. The van der Waals surface area contributed by atoms with Crippen molar-refractivity contribution in [3.8, 4) is 0 Å². The van der Waals surface area contributed by atoms with E-state index in [1.165, 1.54) is 4.90 Å². The average Bonchev–Trinajstić information content (AvgIpc) is 2.42. The fourth-order valence-electron chi connectivity index (χ4n) is 1.83. The summed E-state index contributed by atoms with van der Waals surface area (Å²) in [5, 5.41) is 0.559. The van der Waals surface area contributed by atoms with Crippen molar-refractivity contribution >= 4 is 28.9 Å². The van der Waals surface area contributed by atoms with Gasteiger partial charge in [0, 0.05) is 12.1 Å². The van der Waals surface area contributed by atoms with Crippen molar-refractivity contribution in [2.24, 2.45) is 0 Å². The molecular formula is C15H15ClN2O. The first-order valence-electron chi connectivity index (χ1n) is 5.93. The van der Waals surface area contributed by atoms with E-state index >= 15 is 0 Å². The highest BCUT2D eigenvalue weighted by Gasteiger charge is 2.14. The van der Waals surface area contributed by atoms with E-state index in [0.717, 1.165) is 5.56 Å². The zero-order chi connectivity index (χ0) is 13.8. The van der Waals surface area contributed by atoms with Crippen LogP contribution in [0.25, 0.3) is 0 Å². The normalized spacial score (nSPS) is 10.2. The Hall–Kier alpha value is -2.00. The fraction of sp³-hybridized carbons (Fsp3) is 0.133. The van der Waals surface area contributed by atoms with E-state index in [1.807, 2.05) is 30.3 Å². The van der Waals surface area contributed by atoms with Crippen LogP contribution < -0.4 is 10.6 Å². The van der Waals surface area contributed by atoms with Crippen LogP contribution in [0, 0.1) is 0 Å². The molecule has 2 aromatic rings. The van der Waals surface area contributed by atoms with Crippen LogP contribution in [-0.4, -0.2) is 13.0 Å². The summed E-state index contributed by atoms with van der Waals surface area (Å²) in [6.45, 7) is 0. The Morgan fingerprint density at radius 2 is 1.89 bits per heavy atom. The zero-order valence-corrected chi connectivity index (χ0v) is 11.4. The quantitative estimate of drug-likeness (QED) is 0.874. The second kappa shape index (κ2) is 5.76. The summed E-state index contributed by atoms with van der Waals surface area (Å²) in [6.07, 6.45) is 0.337. The molecule has 0 aromatic heterocycles. The summed E-state index contributed by atoms with van der Waals surface area (Å²) in [6, 6.07) is 14.7. The summed E-state index contributed by atoms with van der Waals surface area (Å²) in [4.78, 5) is 13.7. The van der Waals surface area contributed by atoms with Gasteiger partial charge in [-0.1, -0.05) is 41.9 Å². The average molecular weight is 275 g/mol. The van der Waals surface area contributed by atoms with Gasteiger partial charge in [0.15, 0.2) is 0 Å². The number of likely N-dealkylation sites (N-methyl/N-ethyl adjacent to an activating group) is 1. The number of hydrogen-bond donors (Lipinski definition) is 1. The third-order valence-corrected chi connectivity index (χ3v) is 3.16. The third-order valence-electron chi connectivity index (χ3n) is 2.93. The molecule has 19 heavy (non-hydrogen) atoms. The summed E-state index contributed by atoms with van der Waals surface area (Å²) >= 11 is 5.93. The lowest BCUT2D eigenvalue weighted by Gasteiger charge is -2.19. The first kappa shape index (κ1) is 13.4. The smallest absolute Gasteiger partial charge is 0.231 e. The Kier molecular flexibility index (Phi) is 4.07. The van der Waals surface area contributed by atoms with Crippen molar-refractivity contribution in [1.29, 1.82) is 0 Å². The van der Waals surface area contributed by atoms with Gasteiger partial charge in [-0.05, 0) is 23.8 Å². The van der Waals surface area contributed by atoms with Gasteiger partial charge in [-0.25, -0.2) is 0 Å². The van der Waals surface area contributed by atoms with Crippen LogP contribution in [0.5, 0.6) is 0 Å². The van der Waals surface area contributed by atoms with Crippen LogP contribution >= 0.6 is 11.6 Å². The summed E-state index contributed by atoms with van der Waals surface area (Å²) < 4.78 is 0. The van der Waals surface area contributed by atoms with Crippen LogP contribution in [0.1, 0.15) is 5.56 Å². The Balaban J connectivity index is 2.17. The van der Waals surface area contributed by atoms with Crippen molar-refractivity contribution in [2.75, 3.05) is 17.7 Å². The summed E-state index contributed by atoms with van der Waals surface area (Å²) in [5.41, 5.74) is 8.01. The summed E-state index contributed by atoms with van der Waals surface area (Å²) in [7, 11) is 1.70. The number of amides is 1. The summed E-state index contributed by atoms with van der Waals surface area (Å²) in [5.74, 6) is -0.0276. The van der Waals surface area contributed by atoms with E-state index in [0.29, 0.717) is 22.8 Å². The second-order valence-corrected chi connectivity index (χ2v) is 4.75. The molecule has 0 saturated carbocycles. The van der Waals surface area contributed by atoms with Crippen LogP contribution in [0.15, 0.2) is 48.5 Å². The van der Waals surface area contributed by atoms with Crippen molar-refractivity contribution < 1.29 is 4.79 Å². The maximum atomic E-state index is 12.2. The van der Waals surface area contributed by atoms with E-state index in [-0.39, 0.29) is 5.91 Å². The van der Waals surface area contributed by atoms with Gasteiger partial charge in [0.25, 0.3) is 0 Å². The number of benzene rings is 2. The van der Waals surface area contributed by atoms with Gasteiger partial charge in [0.1, 0.15) is 0 Å². The molecule has 0 atom stereocenters. The van der Waals surface area contributed by atoms with E-state index in [1.54, 1.807) is 25.2 Å². The number of rotatable bonds is 3. The topological polar surface area (TPSA) is 46.3 Å². The molecule has 2 aromatic carbocycles. The van der Waals surface area contributed by atoms with Gasteiger partial charge in [-0.2, -0.15) is 0 Å². The molecule has 0 bridgehead atoms. The molecule has 0 saturated heterocycles. The number of anilines is 2. The standard InChI is InChI=1S/C15H15ClN2O/c1-18(14-10-12(16)7-8-13(14)17)15(19)9-11-5-3-2-4-6-11/h2-8,10H,9,17H2,1H3. The van der Waals surface area contributed by atoms with Gasteiger partial charge in [-0.3, -0.25) is 4.79 Å². The lowest BCUT2D eigenvalue weighted by atomic mass is 10.1. The number of nitrogens with zero attached hydrogens (tertiary/aromatic N) is 1. The van der Waals surface area contributed by atoms with Crippen LogP contribution in [0.2, 0.25) is 5.02 Å². The number of carbonyl (C=O) groups is 1. The highest BCUT2D eigenvalue weighted by Crippen LogP contribution is 2.26. The Morgan fingerprint density at radius 1 is 1.21 bits per heavy atom. The largest absolute Gasteiger partial charge is 0.397 e. The van der Waals surface area contributed by atoms with Gasteiger partial charge in [0.05, 0.1) is 17.8 Å². The molecule has 98 valence electrons. The molecule has 0 aliphatic rings. The van der Waals surface area contributed by atoms with Crippen LogP contribution in [0.4, 0.5) is 11.4 Å². The molecule has 0 unspecified atom stereocenters. The highest BCUT2D eigenvalue weighted by atomic mass is 35.5. The zero-order valence-electron chi connectivity index (χ0n) is 10.6. The molecule has 0 aliphatic heterocycles. The third kappa shape index (κ3) is 3.26. The first-order valence-corrected chi connectivity index (χ1v) is 6.31. The van der Waals surface area contributed by atoms with E-state index in [4.69, 9.17) is 17.3 Å². The molecule has 1 amide bonds. The Morgan fingerprint density at radius 3 is 2.58 bits per heavy atom. The minimum Gasteiger partial charge on any atom is -0.397 e. The predicted octanol–water partition coefficient (Wildman–Crippen LogP) is 3.13. The van der Waals surface area contributed by atoms with E-state index in [9.17, 15) is 4.79 Å². The Bertz CT molecular complexity index is 584. The van der Waals surface area contributed by atoms with Crippen LogP contribution in [-0.2, 0) is 11.2 Å². The van der Waals surface area contributed by atoms with E-state index in [2.05, 4.69) is 0 Å². The number of carbonyl (C=O) groups excluding carboxylic acids is 1. The highest BCUT2D eigenvalue weighted by molar-refractivity contribution is 6.31. The molecule has 4 heteroatoms. The molecule has 2 N–H and O–H groups in total. The SMILES string of the molecule is CN(C(=O)Cc1ccccc1)c1cc(Cl)ccc1N. The van der Waals surface area contributed by atoms with Crippen molar-refractivity contribution in [1.82, 2.24) is 0 Å². The number of halogens is 1. The molecular weight excluding hydrogens is 260 g/mol. The van der Waals surface area contributed by atoms with Crippen molar-refractivity contribution in [3.63, 3.8) is 0 Å². The fourth-order valence-corrected chi connectivity index (χ4v) is 2.00. The maximum Gasteiger partial charge on any atom is 0.231 e. The first-order chi connectivity index (χ1) is 9.08. The van der Waals surface area contributed by atoms with Crippen LogP contribution in [0.3, 0.4) is 0 Å². The van der Waals surface area contributed by atoms with Gasteiger partial charge >= 0.3 is 0 Å². The molecule has 0 aliphatic carbocycles. The number of nitrogens with two attached hydrogens (primary N) is 1. The van der Waals surface area contributed by atoms with Gasteiger partial charge in [0.2, 0.25) is 5.91 Å². The predicted molar refractivity (Wildman–Crippen MR) is 79.4 cm³/mol. The van der Waals surface area contributed by atoms with Gasteiger partial charge < -0.3 is 10.6 Å². The lowest BCUT2D eigenvalue weighted by Crippen LogP contribution is -2.28. The van der Waals surface area contributed by atoms with Gasteiger partial charge in [-0.15, -0.1) is 0 Å². The molecule has 0 heterocycles. The molecule has 3 nitrogen and oxygen atoms in total. The lowest BCUT2D eigenvalue weighted by molar-refractivity contribution is -0.117. The van der Waals surface area contributed by atoms with Crippen molar-refractivity contribution in [2.45, 2.75) is 6.42 Å². The minimum absolute atomic E-state index is 0.0276.